The minimum Gasteiger partial charge on any atom is -0.354 e. The van der Waals surface area contributed by atoms with Crippen LogP contribution in [0, 0.1) is 0 Å². The van der Waals surface area contributed by atoms with Crippen molar-refractivity contribution in [3.8, 4) is 0 Å². The van der Waals surface area contributed by atoms with Gasteiger partial charge in [-0.2, -0.15) is 0 Å². The van der Waals surface area contributed by atoms with Crippen molar-refractivity contribution < 1.29 is 4.79 Å². The average molecular weight is 288 g/mol. The lowest BCUT2D eigenvalue weighted by molar-refractivity contribution is -0.121. The van der Waals surface area contributed by atoms with Crippen molar-refractivity contribution in [2.75, 3.05) is 20.6 Å². The zero-order valence-corrected chi connectivity index (χ0v) is 13.1. The number of amides is 1. The first-order chi connectivity index (χ1) is 6.75. The predicted molar refractivity (Wildman–Crippen MR) is 78.2 cm³/mol. The summed E-state index contributed by atoms with van der Waals surface area (Å²) in [5.41, 5.74) is 5.57. The van der Waals surface area contributed by atoms with Gasteiger partial charge in [0.1, 0.15) is 0 Å². The summed E-state index contributed by atoms with van der Waals surface area (Å²) in [5, 5.41) is 2.92. The number of carbonyl (C=O) groups excluding carboxylic acids is 1. The second kappa shape index (κ2) is 9.95. The number of hydrogen-bond donors (Lipinski definition) is 2. The lowest BCUT2D eigenvalue weighted by Crippen LogP contribution is -2.48. The van der Waals surface area contributed by atoms with Crippen molar-refractivity contribution in [2.45, 2.75) is 45.2 Å². The van der Waals surface area contributed by atoms with Crippen LogP contribution in [0.25, 0.3) is 0 Å². The molecule has 0 spiro atoms. The van der Waals surface area contributed by atoms with Gasteiger partial charge in [-0.15, -0.1) is 24.8 Å². The largest absolute Gasteiger partial charge is 0.354 e. The van der Waals surface area contributed by atoms with Gasteiger partial charge in [0.15, 0.2) is 0 Å². The van der Waals surface area contributed by atoms with E-state index >= 15 is 0 Å². The molecular weight excluding hydrogens is 261 g/mol. The van der Waals surface area contributed by atoms with E-state index in [4.69, 9.17) is 5.73 Å². The molecule has 0 rings (SSSR count). The monoisotopic (exact) mass is 287 g/mol. The molecule has 0 aliphatic heterocycles. The maximum absolute atomic E-state index is 11.4. The topological polar surface area (TPSA) is 58.4 Å². The second-order valence-electron chi connectivity index (χ2n) is 5.00. The fraction of sp³-hybridized carbons (Fsp3) is 0.909. The van der Waals surface area contributed by atoms with Crippen LogP contribution in [0.5, 0.6) is 0 Å². The van der Waals surface area contributed by atoms with Crippen LogP contribution >= 0.6 is 24.8 Å². The first-order valence-electron chi connectivity index (χ1n) is 5.45. The number of carbonyl (C=O) groups is 1. The van der Waals surface area contributed by atoms with Crippen LogP contribution in [0.4, 0.5) is 0 Å². The predicted octanol–water partition coefficient (Wildman–Crippen LogP) is 1.41. The fourth-order valence-electron chi connectivity index (χ4n) is 0.920. The molecular formula is C11H27Cl2N3O. The van der Waals surface area contributed by atoms with E-state index in [9.17, 15) is 4.79 Å². The molecule has 0 fully saturated rings. The Labute approximate surface area is 118 Å². The molecule has 0 saturated carbocycles. The third-order valence-corrected chi connectivity index (χ3v) is 2.76. The van der Waals surface area contributed by atoms with Gasteiger partial charge in [0, 0.05) is 24.5 Å². The lowest BCUT2D eigenvalue weighted by Gasteiger charge is -2.32. The van der Waals surface area contributed by atoms with E-state index in [1.807, 2.05) is 21.0 Å². The SMILES string of the molecule is CC(N)CCC(=O)NCC(C)(C)N(C)C.Cl.Cl. The van der Waals surface area contributed by atoms with Crippen LogP contribution in [-0.4, -0.2) is 43.0 Å². The van der Waals surface area contributed by atoms with Crippen LogP contribution in [0.3, 0.4) is 0 Å². The zero-order valence-electron chi connectivity index (χ0n) is 11.4. The number of nitrogens with two attached hydrogens (primary N) is 1. The molecule has 0 aromatic rings. The highest BCUT2D eigenvalue weighted by Crippen LogP contribution is 2.07. The van der Waals surface area contributed by atoms with Crippen molar-refractivity contribution in [1.29, 1.82) is 0 Å². The van der Waals surface area contributed by atoms with Crippen LogP contribution in [0.2, 0.25) is 0 Å². The van der Waals surface area contributed by atoms with Gasteiger partial charge in [-0.25, -0.2) is 0 Å². The Morgan fingerprint density at radius 2 is 1.82 bits per heavy atom. The number of nitrogens with one attached hydrogen (secondary N) is 1. The van der Waals surface area contributed by atoms with Crippen molar-refractivity contribution >= 4 is 30.7 Å². The lowest BCUT2D eigenvalue weighted by atomic mass is 10.0. The molecule has 0 saturated heterocycles. The third-order valence-electron chi connectivity index (χ3n) is 2.76. The number of likely N-dealkylation sites (N-methyl/N-ethyl adjacent to an activating group) is 1. The fourth-order valence-corrected chi connectivity index (χ4v) is 0.920. The maximum Gasteiger partial charge on any atom is 0.220 e. The summed E-state index contributed by atoms with van der Waals surface area (Å²) in [7, 11) is 4.02. The van der Waals surface area contributed by atoms with Gasteiger partial charge in [-0.3, -0.25) is 4.79 Å². The standard InChI is InChI=1S/C11H25N3O.2ClH/c1-9(12)6-7-10(15)13-8-11(2,3)14(4)5;;/h9H,6-8,12H2,1-5H3,(H,13,15);2*1H. The Balaban J connectivity index is -0.000000980. The summed E-state index contributed by atoms with van der Waals surface area (Å²) >= 11 is 0. The van der Waals surface area contributed by atoms with Gasteiger partial charge in [0.2, 0.25) is 5.91 Å². The van der Waals surface area contributed by atoms with Crippen LogP contribution in [0.1, 0.15) is 33.6 Å². The molecule has 0 aliphatic rings. The molecule has 1 amide bonds. The first-order valence-corrected chi connectivity index (χ1v) is 5.45. The number of hydrogen-bond acceptors (Lipinski definition) is 3. The summed E-state index contributed by atoms with van der Waals surface area (Å²) in [6.45, 7) is 6.77. The van der Waals surface area contributed by atoms with Gasteiger partial charge in [0.05, 0.1) is 0 Å². The minimum absolute atomic E-state index is 0. The van der Waals surface area contributed by atoms with Gasteiger partial charge in [-0.05, 0) is 41.3 Å². The Morgan fingerprint density at radius 1 is 1.35 bits per heavy atom. The maximum atomic E-state index is 11.4. The molecule has 4 nitrogen and oxygen atoms in total. The van der Waals surface area contributed by atoms with Gasteiger partial charge in [0.25, 0.3) is 0 Å². The molecule has 0 aliphatic carbocycles. The molecule has 6 heteroatoms. The van der Waals surface area contributed by atoms with Gasteiger partial charge < -0.3 is 16.0 Å². The molecule has 1 unspecified atom stereocenters. The zero-order chi connectivity index (χ0) is 12.1. The molecule has 0 aromatic heterocycles. The minimum atomic E-state index is -0.00993. The molecule has 0 bridgehead atoms. The summed E-state index contributed by atoms with van der Waals surface area (Å²) < 4.78 is 0. The molecule has 3 N–H and O–H groups in total. The number of rotatable bonds is 6. The Hall–Kier alpha value is -0.0300. The van der Waals surface area contributed by atoms with Gasteiger partial charge in [-0.1, -0.05) is 0 Å². The summed E-state index contributed by atoms with van der Waals surface area (Å²) in [5.74, 6) is 0.0854. The van der Waals surface area contributed by atoms with Crippen LogP contribution < -0.4 is 11.1 Å². The molecule has 1 atom stereocenters. The molecule has 17 heavy (non-hydrogen) atoms. The van der Waals surface area contributed by atoms with Crippen LogP contribution in [0.15, 0.2) is 0 Å². The van der Waals surface area contributed by atoms with E-state index in [0.717, 1.165) is 6.42 Å². The van der Waals surface area contributed by atoms with Crippen molar-refractivity contribution in [1.82, 2.24) is 10.2 Å². The Kier molecular flexibility index (Phi) is 13.0. The van der Waals surface area contributed by atoms with Crippen LogP contribution in [-0.2, 0) is 4.79 Å². The van der Waals surface area contributed by atoms with Crippen molar-refractivity contribution in [2.24, 2.45) is 5.73 Å². The van der Waals surface area contributed by atoms with E-state index in [0.29, 0.717) is 13.0 Å². The Bertz CT molecular complexity index is 209. The summed E-state index contributed by atoms with van der Waals surface area (Å²) in [6.07, 6.45) is 1.26. The number of halogens is 2. The van der Waals surface area contributed by atoms with E-state index in [2.05, 4.69) is 24.1 Å². The normalized spacial score (nSPS) is 12.4. The van der Waals surface area contributed by atoms with Crippen molar-refractivity contribution in [3.05, 3.63) is 0 Å². The van der Waals surface area contributed by atoms with Crippen molar-refractivity contribution in [3.63, 3.8) is 0 Å². The van der Waals surface area contributed by atoms with E-state index in [1.54, 1.807) is 0 Å². The molecule has 0 heterocycles. The first kappa shape index (κ1) is 22.2. The Morgan fingerprint density at radius 3 is 2.18 bits per heavy atom. The highest BCUT2D eigenvalue weighted by atomic mass is 35.5. The smallest absolute Gasteiger partial charge is 0.220 e. The third kappa shape index (κ3) is 10.8. The quantitative estimate of drug-likeness (QED) is 0.777. The molecule has 106 valence electrons. The molecule has 0 aromatic carbocycles. The molecule has 0 radical (unpaired) electrons. The van der Waals surface area contributed by atoms with E-state index in [-0.39, 0.29) is 42.3 Å². The number of nitrogens with zero attached hydrogens (tertiary/aromatic N) is 1. The van der Waals surface area contributed by atoms with E-state index in [1.165, 1.54) is 0 Å². The average Bonchev–Trinajstić information content (AvgIpc) is 2.11. The summed E-state index contributed by atoms with van der Waals surface area (Å²) in [6, 6.07) is 0.0950. The van der Waals surface area contributed by atoms with Gasteiger partial charge >= 0.3 is 0 Å². The highest BCUT2D eigenvalue weighted by Gasteiger charge is 2.20. The highest BCUT2D eigenvalue weighted by molar-refractivity contribution is 5.85. The second-order valence-corrected chi connectivity index (χ2v) is 5.00. The van der Waals surface area contributed by atoms with E-state index < -0.39 is 0 Å². The summed E-state index contributed by atoms with van der Waals surface area (Å²) in [4.78, 5) is 13.5.